The van der Waals surface area contributed by atoms with Gasteiger partial charge in [0.1, 0.15) is 0 Å². The molecule has 0 saturated carbocycles. The summed E-state index contributed by atoms with van der Waals surface area (Å²) in [6, 6.07) is 0. The number of H-pyrrole nitrogens is 1. The lowest BCUT2D eigenvalue weighted by atomic mass is 10.5. The fourth-order valence-electron chi connectivity index (χ4n) is 0.572. The van der Waals surface area contributed by atoms with Crippen molar-refractivity contribution in [2.24, 2.45) is 11.5 Å². The average Bonchev–Trinajstić information content (AvgIpc) is 2.45. The van der Waals surface area contributed by atoms with Crippen molar-refractivity contribution in [1.29, 1.82) is 5.41 Å². The summed E-state index contributed by atoms with van der Waals surface area (Å²) in [5, 5.41) is 39.5. The van der Waals surface area contributed by atoms with Gasteiger partial charge in [-0.25, -0.2) is 0 Å². The van der Waals surface area contributed by atoms with Crippen LogP contribution in [-0.4, -0.2) is 31.1 Å². The van der Waals surface area contributed by atoms with Crippen molar-refractivity contribution < 1.29 is 15.0 Å². The van der Waals surface area contributed by atoms with Crippen LogP contribution >= 0.6 is 0 Å². The minimum Gasteiger partial charge on any atom is -0.495 e. The normalized spacial score (nSPS) is 8.75. The minimum absolute atomic E-state index is 0.333. The third kappa shape index (κ3) is 3.44. The van der Waals surface area contributed by atoms with Gasteiger partial charge in [-0.15, -0.1) is 0 Å². The van der Waals surface area contributed by atoms with Crippen molar-refractivity contribution in [2.75, 3.05) is 0 Å². The van der Waals surface area contributed by atoms with Gasteiger partial charge in [0.2, 0.25) is 0 Å². The topological polar surface area (TPSA) is 211 Å². The lowest BCUT2D eigenvalue weighted by Gasteiger charge is -1.87. The van der Waals surface area contributed by atoms with Crippen LogP contribution in [0, 0.1) is 25.6 Å². The molecule has 1 aromatic rings. The molecule has 0 radical (unpaired) electrons. The molecular weight excluding hydrogens is 226 g/mol. The van der Waals surface area contributed by atoms with Crippen molar-refractivity contribution in [3.63, 3.8) is 0 Å². The Morgan fingerprint density at radius 2 is 1.81 bits per heavy atom. The monoisotopic (exact) mass is 233 g/mol. The highest BCUT2D eigenvalue weighted by molar-refractivity contribution is 5.71. The van der Waals surface area contributed by atoms with Crippen LogP contribution < -0.4 is 11.5 Å². The van der Waals surface area contributed by atoms with Crippen LogP contribution in [0.25, 0.3) is 0 Å². The second-order valence-electron chi connectivity index (χ2n) is 2.21. The molecule has 12 nitrogen and oxygen atoms in total. The van der Waals surface area contributed by atoms with Crippen molar-refractivity contribution in [3.8, 4) is 5.75 Å². The van der Waals surface area contributed by atoms with Gasteiger partial charge in [-0.3, -0.25) is 5.41 Å². The first-order valence-electron chi connectivity index (χ1n) is 3.43. The second kappa shape index (κ2) is 5.08. The molecule has 12 heteroatoms. The number of aromatic hydroxyl groups is 1. The zero-order chi connectivity index (χ0) is 12.9. The number of nitro groups is 2. The molecular formula is C4H7N7O5. The van der Waals surface area contributed by atoms with Crippen LogP contribution in [-0.2, 0) is 0 Å². The first-order chi connectivity index (χ1) is 7.27. The number of nitrogens with one attached hydrogen (secondary N) is 2. The second-order valence-corrected chi connectivity index (χ2v) is 2.21. The Balaban J connectivity index is 0.000000487. The van der Waals surface area contributed by atoms with Crippen LogP contribution in [0.4, 0.5) is 11.6 Å². The number of rotatable bonds is 2. The van der Waals surface area contributed by atoms with E-state index < -0.39 is 27.2 Å². The Morgan fingerprint density at radius 1 is 1.38 bits per heavy atom. The molecule has 88 valence electrons. The number of guanidine groups is 1. The summed E-state index contributed by atoms with van der Waals surface area (Å²) >= 11 is 0. The Bertz CT molecular complexity index is 389. The summed E-state index contributed by atoms with van der Waals surface area (Å²) < 4.78 is 0. The Labute approximate surface area is 86.7 Å². The molecule has 0 aliphatic rings. The molecule has 0 unspecified atom stereocenters. The summed E-state index contributed by atoms with van der Waals surface area (Å²) in [5.41, 5.74) is 8.94. The van der Waals surface area contributed by atoms with E-state index >= 15 is 0 Å². The highest BCUT2D eigenvalue weighted by atomic mass is 16.6. The molecule has 0 spiro atoms. The molecule has 16 heavy (non-hydrogen) atoms. The molecule has 0 saturated heterocycles. The van der Waals surface area contributed by atoms with Gasteiger partial charge in [0.05, 0.1) is 0 Å². The summed E-state index contributed by atoms with van der Waals surface area (Å²) in [6.07, 6.45) is 0. The highest BCUT2D eigenvalue weighted by Crippen LogP contribution is 2.31. The largest absolute Gasteiger partial charge is 0.495 e. The summed E-state index contributed by atoms with van der Waals surface area (Å²) in [6.45, 7) is 0. The number of hydrogen-bond acceptors (Lipinski definition) is 7. The molecule has 1 rings (SSSR count). The molecule has 0 fully saturated rings. The molecule has 0 aliphatic heterocycles. The van der Waals surface area contributed by atoms with Gasteiger partial charge in [-0.05, 0) is 14.9 Å². The third-order valence-electron chi connectivity index (χ3n) is 1.06. The number of aromatic amines is 1. The van der Waals surface area contributed by atoms with Crippen LogP contribution in [0.1, 0.15) is 0 Å². The summed E-state index contributed by atoms with van der Waals surface area (Å²) in [5.74, 6) is -3.24. The van der Waals surface area contributed by atoms with E-state index in [1.54, 1.807) is 5.10 Å². The number of nitrogens with two attached hydrogens (primary N) is 2. The lowest BCUT2D eigenvalue weighted by molar-refractivity contribution is -0.396. The van der Waals surface area contributed by atoms with E-state index in [9.17, 15) is 20.2 Å². The number of nitrogens with zero attached hydrogens (tertiary/aromatic N) is 3. The van der Waals surface area contributed by atoms with E-state index in [0.29, 0.717) is 0 Å². The van der Waals surface area contributed by atoms with Gasteiger partial charge >= 0.3 is 17.4 Å². The average molecular weight is 233 g/mol. The molecule has 0 bridgehead atoms. The van der Waals surface area contributed by atoms with Crippen molar-refractivity contribution >= 4 is 17.6 Å². The predicted octanol–water partition coefficient (Wildman–Crippen LogP) is -1.23. The molecule has 0 amide bonds. The van der Waals surface area contributed by atoms with E-state index in [1.165, 1.54) is 0 Å². The van der Waals surface area contributed by atoms with Gasteiger partial charge in [0.25, 0.3) is 0 Å². The minimum atomic E-state index is -1.06. The Kier molecular flexibility index (Phi) is 4.16. The molecule has 0 atom stereocenters. The predicted molar refractivity (Wildman–Crippen MR) is 49.7 cm³/mol. The standard InChI is InChI=1S/C3H2N4O5.CH5N3/c8-1-2(6(9)10)4-5-3(1)7(11)12;2-1(3)4/h8H,(H,4,5);(H5,2,3,4). The molecule has 0 aliphatic carbocycles. The molecule has 1 aromatic heterocycles. The van der Waals surface area contributed by atoms with E-state index in [2.05, 4.69) is 16.6 Å². The third-order valence-corrected chi connectivity index (χ3v) is 1.06. The van der Waals surface area contributed by atoms with Crippen LogP contribution in [0.2, 0.25) is 0 Å². The van der Waals surface area contributed by atoms with E-state index in [1.807, 2.05) is 0 Å². The first kappa shape index (κ1) is 13.1. The van der Waals surface area contributed by atoms with Gasteiger partial charge < -0.3 is 36.8 Å². The fourth-order valence-corrected chi connectivity index (χ4v) is 0.572. The maximum absolute atomic E-state index is 10.0. The van der Waals surface area contributed by atoms with Crippen LogP contribution in [0.3, 0.4) is 0 Å². The first-order valence-corrected chi connectivity index (χ1v) is 3.43. The highest BCUT2D eigenvalue weighted by Gasteiger charge is 2.30. The Hall–Kier alpha value is -2.92. The van der Waals surface area contributed by atoms with Crippen LogP contribution in [0.5, 0.6) is 5.75 Å². The fraction of sp³-hybridized carbons (Fsp3) is 0. The lowest BCUT2D eigenvalue weighted by Crippen LogP contribution is -2.20. The SMILES string of the molecule is N=C(N)N.O=[N+]([O-])c1n[nH]c([N+](=O)[O-])c1O. The van der Waals surface area contributed by atoms with Gasteiger partial charge in [0, 0.05) is 0 Å². The maximum atomic E-state index is 10.0. The van der Waals surface area contributed by atoms with Crippen molar-refractivity contribution in [2.45, 2.75) is 0 Å². The number of aromatic nitrogens is 2. The maximum Gasteiger partial charge on any atom is 0.462 e. The molecule has 0 aromatic carbocycles. The number of hydrogen-bond donors (Lipinski definition) is 5. The molecule has 1 heterocycles. The smallest absolute Gasteiger partial charge is 0.462 e. The zero-order valence-electron chi connectivity index (χ0n) is 7.58. The van der Waals surface area contributed by atoms with Crippen molar-refractivity contribution in [1.82, 2.24) is 10.2 Å². The quantitative estimate of drug-likeness (QED) is 0.180. The van der Waals surface area contributed by atoms with E-state index in [-0.39, 0.29) is 5.96 Å². The molecule has 7 N–H and O–H groups in total. The van der Waals surface area contributed by atoms with E-state index in [4.69, 9.17) is 10.5 Å². The van der Waals surface area contributed by atoms with E-state index in [0.717, 1.165) is 0 Å². The van der Waals surface area contributed by atoms with Crippen LogP contribution in [0.15, 0.2) is 0 Å². The van der Waals surface area contributed by atoms with Gasteiger partial charge in [-0.2, -0.15) is 0 Å². The van der Waals surface area contributed by atoms with Gasteiger partial charge in [-0.1, -0.05) is 0 Å². The Morgan fingerprint density at radius 3 is 2.00 bits per heavy atom. The zero-order valence-corrected chi connectivity index (χ0v) is 7.58. The summed E-state index contributed by atoms with van der Waals surface area (Å²) in [4.78, 5) is 18.0. The van der Waals surface area contributed by atoms with Crippen molar-refractivity contribution in [3.05, 3.63) is 20.2 Å². The summed E-state index contributed by atoms with van der Waals surface area (Å²) in [7, 11) is 0. The van der Waals surface area contributed by atoms with Gasteiger partial charge in [0.15, 0.2) is 11.1 Å².